The molecule has 266 valence electrons. The number of hydrogen-bond acceptors (Lipinski definition) is 11. The van der Waals surface area contributed by atoms with Gasteiger partial charge in [0.1, 0.15) is 22.6 Å². The van der Waals surface area contributed by atoms with Gasteiger partial charge in [0, 0.05) is 24.4 Å². The minimum atomic E-state index is -0.949. The van der Waals surface area contributed by atoms with E-state index in [1.54, 1.807) is 47.6 Å². The molecule has 1 N–H and O–H groups in total. The number of ether oxygens (including phenoxy) is 3. The molecule has 4 aliphatic rings. The Kier molecular flexibility index (Phi) is 7.28. The summed E-state index contributed by atoms with van der Waals surface area (Å²) in [5.41, 5.74) is 1.25. The Balaban J connectivity index is 1.15. The number of carbonyl (C=O) groups is 3. The number of aryl methyl sites for hydroxylation is 1. The van der Waals surface area contributed by atoms with Gasteiger partial charge in [0.15, 0.2) is 17.5 Å². The molecule has 2 saturated heterocycles. The molecule has 8 rings (SSSR count). The van der Waals surface area contributed by atoms with Crippen molar-refractivity contribution in [3.8, 4) is 0 Å². The Labute approximate surface area is 300 Å². The van der Waals surface area contributed by atoms with Gasteiger partial charge in [0.2, 0.25) is 5.91 Å². The first kappa shape index (κ1) is 33.4. The van der Waals surface area contributed by atoms with Gasteiger partial charge in [-0.15, -0.1) is 5.10 Å². The Hall–Kier alpha value is -4.75. The van der Waals surface area contributed by atoms with Crippen molar-refractivity contribution >= 4 is 63.7 Å². The van der Waals surface area contributed by atoms with Gasteiger partial charge in [-0.2, -0.15) is 4.68 Å². The lowest BCUT2D eigenvalue weighted by atomic mass is 9.78. The SMILES string of the molecule is Cc1ccc2c(c1)[C@]1(C[C@H]1c1ccc3c(Nc4ncnc(N5CC6(COC6)C5)c4Cl)nn(C(=O)OC(C)(C)C)c3c1)C(=O)N2C(=O)OC(C)(C)C. The molecule has 2 aromatic carbocycles. The molecule has 0 radical (unpaired) electrons. The summed E-state index contributed by atoms with van der Waals surface area (Å²) in [7, 11) is 0. The lowest BCUT2D eigenvalue weighted by molar-refractivity contribution is -0.127. The lowest BCUT2D eigenvalue weighted by Gasteiger charge is -2.55. The maximum absolute atomic E-state index is 14.3. The van der Waals surface area contributed by atoms with Gasteiger partial charge >= 0.3 is 12.2 Å². The Bertz CT molecular complexity index is 2140. The second-order valence-corrected chi connectivity index (χ2v) is 16.6. The van der Waals surface area contributed by atoms with Crippen LogP contribution in [0.2, 0.25) is 5.02 Å². The number of nitrogens with one attached hydrogen (secondary N) is 1. The highest BCUT2D eigenvalue weighted by Crippen LogP contribution is 2.66. The number of aromatic nitrogens is 4. The summed E-state index contributed by atoms with van der Waals surface area (Å²) in [5, 5.41) is 8.85. The molecule has 3 fully saturated rings. The van der Waals surface area contributed by atoms with Crippen molar-refractivity contribution in [1.82, 2.24) is 19.7 Å². The summed E-state index contributed by atoms with van der Waals surface area (Å²) in [6.45, 7) is 15.7. The molecule has 5 heterocycles. The van der Waals surface area contributed by atoms with E-state index in [0.717, 1.165) is 43.0 Å². The first-order chi connectivity index (χ1) is 24.0. The van der Waals surface area contributed by atoms with E-state index in [4.69, 9.17) is 25.8 Å². The molecule has 2 spiro atoms. The highest BCUT2D eigenvalue weighted by molar-refractivity contribution is 6.35. The number of fused-ring (bicyclic) bond motifs is 3. The zero-order valence-electron chi connectivity index (χ0n) is 29.7. The van der Waals surface area contributed by atoms with E-state index in [9.17, 15) is 14.4 Å². The first-order valence-corrected chi connectivity index (χ1v) is 17.4. The molecule has 0 unspecified atom stereocenters. The van der Waals surface area contributed by atoms with Gasteiger partial charge < -0.3 is 24.4 Å². The summed E-state index contributed by atoms with van der Waals surface area (Å²) in [5.74, 6) is 0.722. The smallest absolute Gasteiger partial charge is 0.435 e. The van der Waals surface area contributed by atoms with Crippen LogP contribution in [0.5, 0.6) is 0 Å². The van der Waals surface area contributed by atoms with Crippen molar-refractivity contribution in [3.05, 3.63) is 64.4 Å². The molecule has 13 nitrogen and oxygen atoms in total. The highest BCUT2D eigenvalue weighted by Gasteiger charge is 2.68. The van der Waals surface area contributed by atoms with Gasteiger partial charge in [-0.05, 0) is 84.2 Å². The number of rotatable bonds is 4. The molecular formula is C37H40ClN7O6. The van der Waals surface area contributed by atoms with E-state index in [1.165, 1.54) is 15.9 Å². The maximum atomic E-state index is 14.3. The summed E-state index contributed by atoms with van der Waals surface area (Å²) < 4.78 is 18.0. The number of hydrogen-bond donors (Lipinski definition) is 1. The van der Waals surface area contributed by atoms with Crippen LogP contribution in [-0.2, 0) is 24.4 Å². The molecule has 3 aliphatic heterocycles. The monoisotopic (exact) mass is 713 g/mol. The number of carbonyl (C=O) groups excluding carboxylic acids is 3. The predicted molar refractivity (Wildman–Crippen MR) is 191 cm³/mol. The van der Waals surface area contributed by atoms with Crippen LogP contribution in [0.1, 0.15) is 70.6 Å². The fraction of sp³-hybridized carbons (Fsp3) is 0.459. The van der Waals surface area contributed by atoms with Gasteiger partial charge in [0.05, 0.1) is 35.2 Å². The minimum absolute atomic E-state index is 0.167. The van der Waals surface area contributed by atoms with Crippen LogP contribution >= 0.6 is 11.6 Å². The third-order valence-electron chi connectivity index (χ3n) is 9.85. The molecule has 1 saturated carbocycles. The molecule has 2 amide bonds. The molecule has 0 bridgehead atoms. The van der Waals surface area contributed by atoms with E-state index >= 15 is 0 Å². The number of halogens is 1. The van der Waals surface area contributed by atoms with E-state index in [1.807, 2.05) is 37.3 Å². The molecule has 4 aromatic rings. The van der Waals surface area contributed by atoms with E-state index in [0.29, 0.717) is 45.5 Å². The molecular weight excluding hydrogens is 674 g/mol. The number of benzene rings is 2. The molecule has 1 aliphatic carbocycles. The average molecular weight is 714 g/mol. The third-order valence-corrected chi connectivity index (χ3v) is 10.2. The Morgan fingerprint density at radius 3 is 2.33 bits per heavy atom. The molecule has 51 heavy (non-hydrogen) atoms. The van der Waals surface area contributed by atoms with Crippen molar-refractivity contribution in [2.24, 2.45) is 5.41 Å². The van der Waals surface area contributed by atoms with Crippen LogP contribution in [0.3, 0.4) is 0 Å². The summed E-state index contributed by atoms with van der Waals surface area (Å²) in [4.78, 5) is 53.3. The number of imide groups is 1. The largest absolute Gasteiger partial charge is 0.443 e. The van der Waals surface area contributed by atoms with E-state index in [-0.39, 0.29) is 17.2 Å². The van der Waals surface area contributed by atoms with Crippen LogP contribution in [0.15, 0.2) is 42.7 Å². The normalized spacial score (nSPS) is 21.8. The van der Waals surface area contributed by atoms with Gasteiger partial charge in [-0.25, -0.2) is 24.5 Å². The molecule has 2 aromatic heterocycles. The first-order valence-electron chi connectivity index (χ1n) is 17.0. The zero-order valence-corrected chi connectivity index (χ0v) is 30.4. The number of nitrogens with zero attached hydrogens (tertiary/aromatic N) is 6. The van der Waals surface area contributed by atoms with Crippen LogP contribution in [0.4, 0.5) is 32.7 Å². The Morgan fingerprint density at radius 1 is 0.961 bits per heavy atom. The highest BCUT2D eigenvalue weighted by atomic mass is 35.5. The summed E-state index contributed by atoms with van der Waals surface area (Å²) in [6, 6.07) is 11.3. The predicted octanol–water partition coefficient (Wildman–Crippen LogP) is 6.86. The average Bonchev–Trinajstić information content (AvgIpc) is 3.58. The van der Waals surface area contributed by atoms with Crippen molar-refractivity contribution in [1.29, 1.82) is 0 Å². The van der Waals surface area contributed by atoms with Crippen molar-refractivity contribution in [3.63, 3.8) is 0 Å². The fourth-order valence-electron chi connectivity index (χ4n) is 7.47. The lowest BCUT2D eigenvalue weighted by Crippen LogP contribution is -2.66. The minimum Gasteiger partial charge on any atom is -0.443 e. The van der Waals surface area contributed by atoms with Gasteiger partial charge in [0.25, 0.3) is 0 Å². The van der Waals surface area contributed by atoms with E-state index < -0.39 is 28.8 Å². The molecule has 14 heteroatoms. The second-order valence-electron chi connectivity index (χ2n) is 16.2. The van der Waals surface area contributed by atoms with E-state index in [2.05, 4.69) is 25.3 Å². The number of amides is 2. The van der Waals surface area contributed by atoms with Crippen LogP contribution < -0.4 is 15.1 Å². The second kappa shape index (κ2) is 11.1. The third kappa shape index (κ3) is 5.48. The summed E-state index contributed by atoms with van der Waals surface area (Å²) >= 11 is 6.85. The van der Waals surface area contributed by atoms with Crippen molar-refractivity contribution in [2.45, 2.75) is 77.4 Å². The standard InChI is InChI=1S/C37H40ClN7O6/c1-20-8-11-25-23(12-20)37(31(46)44(25)32(47)50-34(2,3)4)14-24(37)21-9-10-22-26(13-21)45(33(48)51-35(5,6)7)42-28(22)41-29-27(38)30(40-19-39-29)43-15-36(16-43)17-49-18-36/h8-13,19,24H,14-18H2,1-7H3,(H,39,40,41,42)/t24-,37-/m0/s1. The topological polar surface area (TPSA) is 141 Å². The van der Waals surface area contributed by atoms with Gasteiger partial charge in [-0.3, -0.25) is 4.79 Å². The zero-order chi connectivity index (χ0) is 36.2. The fourth-order valence-corrected chi connectivity index (χ4v) is 7.73. The molecule has 2 atom stereocenters. The van der Waals surface area contributed by atoms with Crippen molar-refractivity contribution < 1.29 is 28.6 Å². The van der Waals surface area contributed by atoms with Gasteiger partial charge in [-0.1, -0.05) is 35.4 Å². The van der Waals surface area contributed by atoms with Crippen LogP contribution in [0, 0.1) is 12.3 Å². The van der Waals surface area contributed by atoms with Crippen LogP contribution in [0.25, 0.3) is 10.9 Å². The number of anilines is 4. The maximum Gasteiger partial charge on any atom is 0.435 e. The van der Waals surface area contributed by atoms with Crippen molar-refractivity contribution in [2.75, 3.05) is 41.4 Å². The quantitative estimate of drug-likeness (QED) is 0.237. The van der Waals surface area contributed by atoms with Crippen LogP contribution in [-0.4, -0.2) is 75.3 Å². The summed E-state index contributed by atoms with van der Waals surface area (Å²) in [6.07, 6.45) is 0.566. The Morgan fingerprint density at radius 2 is 1.67 bits per heavy atom.